The van der Waals surface area contributed by atoms with Crippen LogP contribution in [0.3, 0.4) is 0 Å². The summed E-state index contributed by atoms with van der Waals surface area (Å²) in [5.41, 5.74) is 1.16. The molecule has 2 fully saturated rings. The Kier molecular flexibility index (Phi) is 6.96. The first-order chi connectivity index (χ1) is 12.2. The molecule has 2 aliphatic rings. The SMILES string of the molecule is CO[C@@H]1CC[C@H]2[C@H]1OCCN2Cc1ccc(F)cc1.O=C(O)C(F)(F)F. The van der Waals surface area contributed by atoms with Gasteiger partial charge in [0.05, 0.1) is 18.8 Å². The highest BCUT2D eigenvalue weighted by molar-refractivity contribution is 5.73. The average molecular weight is 379 g/mol. The Bertz CT molecular complexity index is 593. The van der Waals surface area contributed by atoms with Crippen molar-refractivity contribution in [2.45, 2.75) is 43.8 Å². The molecule has 26 heavy (non-hydrogen) atoms. The number of methoxy groups -OCH3 is 1. The molecule has 0 radical (unpaired) electrons. The molecule has 1 heterocycles. The zero-order chi connectivity index (χ0) is 19.3. The number of aliphatic carboxylic acids is 1. The van der Waals surface area contributed by atoms with E-state index in [1.807, 2.05) is 12.1 Å². The van der Waals surface area contributed by atoms with Crippen LogP contribution in [0.2, 0.25) is 0 Å². The summed E-state index contributed by atoms with van der Waals surface area (Å²) in [5, 5.41) is 7.12. The Morgan fingerprint density at radius 2 is 1.92 bits per heavy atom. The molecule has 146 valence electrons. The van der Waals surface area contributed by atoms with Crippen LogP contribution < -0.4 is 0 Å². The van der Waals surface area contributed by atoms with Gasteiger partial charge in [-0.05, 0) is 30.5 Å². The Morgan fingerprint density at radius 3 is 2.46 bits per heavy atom. The predicted octanol–water partition coefficient (Wildman–Crippen LogP) is 2.84. The third-order valence-corrected chi connectivity index (χ3v) is 4.49. The lowest BCUT2D eigenvalue weighted by Gasteiger charge is -2.38. The molecule has 0 bridgehead atoms. The average Bonchev–Trinajstić information content (AvgIpc) is 3.01. The Hall–Kier alpha value is -1.71. The van der Waals surface area contributed by atoms with Crippen LogP contribution in [0.4, 0.5) is 17.6 Å². The zero-order valence-corrected chi connectivity index (χ0v) is 14.2. The van der Waals surface area contributed by atoms with Gasteiger partial charge in [-0.15, -0.1) is 0 Å². The number of alkyl halides is 3. The molecule has 1 saturated heterocycles. The Labute approximate surface area is 148 Å². The Balaban J connectivity index is 0.000000298. The number of ether oxygens (including phenoxy) is 2. The van der Waals surface area contributed by atoms with Crippen LogP contribution in [0.15, 0.2) is 24.3 Å². The number of halogens is 4. The van der Waals surface area contributed by atoms with Crippen LogP contribution in [0, 0.1) is 5.82 Å². The van der Waals surface area contributed by atoms with Gasteiger partial charge < -0.3 is 14.6 Å². The fourth-order valence-corrected chi connectivity index (χ4v) is 3.26. The molecule has 1 saturated carbocycles. The molecule has 5 nitrogen and oxygen atoms in total. The van der Waals surface area contributed by atoms with Crippen molar-refractivity contribution in [3.63, 3.8) is 0 Å². The van der Waals surface area contributed by atoms with E-state index in [2.05, 4.69) is 4.90 Å². The lowest BCUT2D eigenvalue weighted by atomic mass is 10.1. The molecule has 0 unspecified atom stereocenters. The van der Waals surface area contributed by atoms with E-state index in [4.69, 9.17) is 19.4 Å². The monoisotopic (exact) mass is 379 g/mol. The molecule has 1 aliphatic carbocycles. The highest BCUT2D eigenvalue weighted by Gasteiger charge is 2.42. The summed E-state index contributed by atoms with van der Waals surface area (Å²) in [4.78, 5) is 11.3. The summed E-state index contributed by atoms with van der Waals surface area (Å²) in [6, 6.07) is 7.22. The maximum Gasteiger partial charge on any atom is 0.490 e. The van der Waals surface area contributed by atoms with Crippen LogP contribution in [0.5, 0.6) is 0 Å². The maximum atomic E-state index is 12.9. The van der Waals surface area contributed by atoms with Gasteiger partial charge in [0.25, 0.3) is 0 Å². The molecule has 0 aromatic heterocycles. The van der Waals surface area contributed by atoms with Gasteiger partial charge in [-0.3, -0.25) is 4.90 Å². The zero-order valence-electron chi connectivity index (χ0n) is 14.2. The van der Waals surface area contributed by atoms with Crippen molar-refractivity contribution in [2.24, 2.45) is 0 Å². The van der Waals surface area contributed by atoms with E-state index >= 15 is 0 Å². The number of rotatable bonds is 3. The van der Waals surface area contributed by atoms with E-state index in [1.54, 1.807) is 7.11 Å². The lowest BCUT2D eigenvalue weighted by molar-refractivity contribution is -0.192. The van der Waals surface area contributed by atoms with Gasteiger partial charge in [0.2, 0.25) is 0 Å². The molecule has 3 rings (SSSR count). The Morgan fingerprint density at radius 1 is 1.31 bits per heavy atom. The molecule has 1 aliphatic heterocycles. The number of carboxylic acid groups (broad SMARTS) is 1. The van der Waals surface area contributed by atoms with Crippen molar-refractivity contribution in [1.82, 2.24) is 4.90 Å². The molecule has 0 amide bonds. The first kappa shape index (κ1) is 20.6. The van der Waals surface area contributed by atoms with Gasteiger partial charge in [-0.25, -0.2) is 9.18 Å². The molecule has 1 aromatic rings. The standard InChI is InChI=1S/C15H20FNO2.C2HF3O2/c1-18-14-7-6-13-15(14)19-9-8-17(13)10-11-2-4-12(16)5-3-11;3-2(4,5)1(6)7/h2-5,13-15H,6-10H2,1H3;(H,6,7)/t13-,14+,15+;/m0./s1. The highest BCUT2D eigenvalue weighted by atomic mass is 19.4. The van der Waals surface area contributed by atoms with Crippen molar-refractivity contribution in [2.75, 3.05) is 20.3 Å². The fourth-order valence-electron chi connectivity index (χ4n) is 3.26. The van der Waals surface area contributed by atoms with Gasteiger partial charge in [0.1, 0.15) is 5.82 Å². The summed E-state index contributed by atoms with van der Waals surface area (Å²) >= 11 is 0. The first-order valence-electron chi connectivity index (χ1n) is 8.15. The minimum Gasteiger partial charge on any atom is -0.475 e. The third kappa shape index (κ3) is 5.39. The van der Waals surface area contributed by atoms with Gasteiger partial charge in [0.15, 0.2) is 0 Å². The predicted molar refractivity (Wildman–Crippen MR) is 84.1 cm³/mol. The van der Waals surface area contributed by atoms with Crippen LogP contribution in [-0.4, -0.2) is 60.7 Å². The van der Waals surface area contributed by atoms with E-state index in [-0.39, 0.29) is 18.0 Å². The second kappa shape index (κ2) is 8.79. The van der Waals surface area contributed by atoms with Gasteiger partial charge in [-0.2, -0.15) is 13.2 Å². The topological polar surface area (TPSA) is 59.0 Å². The third-order valence-electron chi connectivity index (χ3n) is 4.49. The van der Waals surface area contributed by atoms with Crippen molar-refractivity contribution in [1.29, 1.82) is 0 Å². The van der Waals surface area contributed by atoms with Crippen molar-refractivity contribution in [3.8, 4) is 0 Å². The number of benzene rings is 1. The summed E-state index contributed by atoms with van der Waals surface area (Å²) in [6.45, 7) is 2.55. The van der Waals surface area contributed by atoms with Crippen molar-refractivity contribution in [3.05, 3.63) is 35.6 Å². The number of morpholine rings is 1. The maximum absolute atomic E-state index is 12.9. The van der Waals surface area contributed by atoms with Gasteiger partial charge in [0, 0.05) is 26.2 Å². The van der Waals surface area contributed by atoms with E-state index in [1.165, 1.54) is 12.1 Å². The lowest BCUT2D eigenvalue weighted by Crippen LogP contribution is -2.51. The second-order valence-corrected chi connectivity index (χ2v) is 6.15. The summed E-state index contributed by atoms with van der Waals surface area (Å²) in [5.74, 6) is -2.93. The summed E-state index contributed by atoms with van der Waals surface area (Å²) in [7, 11) is 1.76. The molecule has 1 aromatic carbocycles. The number of nitrogens with zero attached hydrogens (tertiary/aromatic N) is 1. The summed E-state index contributed by atoms with van der Waals surface area (Å²) < 4.78 is 56.0. The fraction of sp³-hybridized carbons (Fsp3) is 0.588. The number of hydrogen-bond acceptors (Lipinski definition) is 4. The minimum atomic E-state index is -5.08. The van der Waals surface area contributed by atoms with E-state index in [0.29, 0.717) is 6.04 Å². The normalized spacial score (nSPS) is 26.0. The van der Waals surface area contributed by atoms with Crippen LogP contribution in [-0.2, 0) is 20.8 Å². The number of hydrogen-bond donors (Lipinski definition) is 1. The quantitative estimate of drug-likeness (QED) is 0.819. The van der Waals surface area contributed by atoms with E-state index in [0.717, 1.165) is 38.1 Å². The molecule has 3 atom stereocenters. The van der Waals surface area contributed by atoms with Crippen LogP contribution in [0.1, 0.15) is 18.4 Å². The minimum absolute atomic E-state index is 0.177. The largest absolute Gasteiger partial charge is 0.490 e. The molecular formula is C17H21F4NO4. The smallest absolute Gasteiger partial charge is 0.475 e. The first-order valence-corrected chi connectivity index (χ1v) is 8.15. The highest BCUT2D eigenvalue weighted by Crippen LogP contribution is 2.32. The number of fused-ring (bicyclic) bond motifs is 1. The molecule has 9 heteroatoms. The van der Waals surface area contributed by atoms with Crippen molar-refractivity contribution >= 4 is 5.97 Å². The summed E-state index contributed by atoms with van der Waals surface area (Å²) in [6.07, 6.45) is -2.49. The van der Waals surface area contributed by atoms with Crippen LogP contribution in [0.25, 0.3) is 0 Å². The van der Waals surface area contributed by atoms with Gasteiger partial charge in [-0.1, -0.05) is 12.1 Å². The van der Waals surface area contributed by atoms with Crippen LogP contribution >= 0.6 is 0 Å². The number of carboxylic acids is 1. The molecule has 0 spiro atoms. The van der Waals surface area contributed by atoms with E-state index < -0.39 is 12.1 Å². The van der Waals surface area contributed by atoms with Crippen molar-refractivity contribution < 1.29 is 36.9 Å². The molecule has 1 N–H and O–H groups in total. The number of carbonyl (C=O) groups is 1. The van der Waals surface area contributed by atoms with E-state index in [9.17, 15) is 17.6 Å². The second-order valence-electron chi connectivity index (χ2n) is 6.15. The molecular weight excluding hydrogens is 358 g/mol. The van der Waals surface area contributed by atoms with Gasteiger partial charge >= 0.3 is 12.1 Å².